The fourth-order valence-electron chi connectivity index (χ4n) is 3.81. The molecular formula is C18H28N4O. The first-order valence-electron chi connectivity index (χ1n) is 9.01. The molecule has 1 saturated heterocycles. The molecule has 1 aliphatic carbocycles. The van der Waals surface area contributed by atoms with Crippen LogP contribution in [0.4, 0.5) is 0 Å². The monoisotopic (exact) mass is 316 g/mol. The lowest BCUT2D eigenvalue weighted by Gasteiger charge is -2.29. The van der Waals surface area contributed by atoms with Gasteiger partial charge in [-0.05, 0) is 45.2 Å². The Labute approximate surface area is 138 Å². The third-order valence-electron chi connectivity index (χ3n) is 5.20. The summed E-state index contributed by atoms with van der Waals surface area (Å²) in [6.45, 7) is 2.92. The molecule has 2 aliphatic rings. The molecule has 1 saturated carbocycles. The van der Waals surface area contributed by atoms with Crippen molar-refractivity contribution in [1.82, 2.24) is 20.2 Å². The van der Waals surface area contributed by atoms with Gasteiger partial charge in [-0.2, -0.15) is 0 Å². The smallest absolute Gasteiger partial charge is 0.271 e. The molecule has 0 bridgehead atoms. The van der Waals surface area contributed by atoms with Crippen molar-refractivity contribution in [3.05, 3.63) is 23.8 Å². The third-order valence-corrected chi connectivity index (χ3v) is 5.20. The number of likely N-dealkylation sites (N-methyl/N-ethyl adjacent to an activating group) is 1. The molecule has 3 rings (SSSR count). The molecule has 1 amide bonds. The van der Waals surface area contributed by atoms with Gasteiger partial charge in [-0.15, -0.1) is 0 Å². The van der Waals surface area contributed by atoms with E-state index in [1.807, 2.05) is 6.20 Å². The van der Waals surface area contributed by atoms with Crippen LogP contribution in [0.25, 0.3) is 0 Å². The number of nitrogens with zero attached hydrogens (tertiary/aromatic N) is 3. The van der Waals surface area contributed by atoms with Crippen LogP contribution in [0.2, 0.25) is 0 Å². The summed E-state index contributed by atoms with van der Waals surface area (Å²) in [5, 5.41) is 3.06. The minimum absolute atomic E-state index is 0.0749. The van der Waals surface area contributed by atoms with Crippen molar-refractivity contribution in [3.63, 3.8) is 0 Å². The number of hydrogen-bond donors (Lipinski definition) is 1. The van der Waals surface area contributed by atoms with E-state index in [0.717, 1.165) is 31.7 Å². The number of aromatic nitrogens is 2. The third kappa shape index (κ3) is 4.50. The summed E-state index contributed by atoms with van der Waals surface area (Å²) in [7, 11) is 2.14. The molecule has 1 aliphatic heterocycles. The molecule has 0 radical (unpaired) electrons. The predicted molar refractivity (Wildman–Crippen MR) is 90.4 cm³/mol. The first-order valence-corrected chi connectivity index (χ1v) is 9.01. The topological polar surface area (TPSA) is 58.1 Å². The number of piperidine rings is 1. The molecular weight excluding hydrogens is 288 g/mol. The van der Waals surface area contributed by atoms with Crippen molar-refractivity contribution in [1.29, 1.82) is 0 Å². The van der Waals surface area contributed by atoms with E-state index in [-0.39, 0.29) is 5.91 Å². The van der Waals surface area contributed by atoms with E-state index in [4.69, 9.17) is 0 Å². The molecule has 5 heteroatoms. The highest BCUT2D eigenvalue weighted by Crippen LogP contribution is 2.25. The van der Waals surface area contributed by atoms with Crippen LogP contribution in [-0.4, -0.2) is 47.5 Å². The Balaban J connectivity index is 1.58. The fraction of sp³-hybridized carbons (Fsp3) is 0.722. The zero-order chi connectivity index (χ0) is 16.1. The van der Waals surface area contributed by atoms with Gasteiger partial charge in [-0.25, -0.2) is 4.98 Å². The van der Waals surface area contributed by atoms with Gasteiger partial charge in [0.1, 0.15) is 5.69 Å². The summed E-state index contributed by atoms with van der Waals surface area (Å²) in [5.74, 6) is 0.956. The van der Waals surface area contributed by atoms with Crippen molar-refractivity contribution in [2.75, 3.05) is 26.7 Å². The van der Waals surface area contributed by atoms with Gasteiger partial charge in [-0.3, -0.25) is 9.78 Å². The van der Waals surface area contributed by atoms with Gasteiger partial charge in [0.05, 0.1) is 11.9 Å². The molecule has 1 atom stereocenters. The number of carbonyl (C=O) groups excluding carboxylic acids is 1. The normalized spacial score (nSPS) is 23.6. The number of amides is 1. The molecule has 1 aromatic heterocycles. The van der Waals surface area contributed by atoms with Gasteiger partial charge < -0.3 is 10.2 Å². The standard InChI is InChI=1S/C18H28N4O/c1-22-9-5-8-15(13-22)16-11-19-12-17(21-16)18(23)20-10-14-6-3-2-4-7-14/h11-12,14-15H,2-10,13H2,1H3,(H,20,23). The molecule has 23 heavy (non-hydrogen) atoms. The number of hydrogen-bond acceptors (Lipinski definition) is 4. The minimum Gasteiger partial charge on any atom is -0.350 e. The average molecular weight is 316 g/mol. The van der Waals surface area contributed by atoms with Crippen LogP contribution in [0, 0.1) is 5.92 Å². The first-order chi connectivity index (χ1) is 11.2. The highest BCUT2D eigenvalue weighted by molar-refractivity contribution is 5.91. The van der Waals surface area contributed by atoms with E-state index in [1.165, 1.54) is 38.5 Å². The number of nitrogens with one attached hydrogen (secondary N) is 1. The molecule has 1 aromatic rings. The van der Waals surface area contributed by atoms with Gasteiger partial charge in [0.25, 0.3) is 5.91 Å². The van der Waals surface area contributed by atoms with E-state index in [9.17, 15) is 4.79 Å². The van der Waals surface area contributed by atoms with Crippen LogP contribution in [-0.2, 0) is 0 Å². The highest BCUT2D eigenvalue weighted by Gasteiger charge is 2.22. The lowest BCUT2D eigenvalue weighted by molar-refractivity contribution is 0.0937. The summed E-state index contributed by atoms with van der Waals surface area (Å²) < 4.78 is 0. The largest absolute Gasteiger partial charge is 0.350 e. The molecule has 1 N–H and O–H groups in total. The average Bonchev–Trinajstić information content (AvgIpc) is 2.61. The maximum absolute atomic E-state index is 12.4. The van der Waals surface area contributed by atoms with Gasteiger partial charge >= 0.3 is 0 Å². The van der Waals surface area contributed by atoms with Gasteiger partial charge in [-0.1, -0.05) is 19.3 Å². The van der Waals surface area contributed by atoms with Crippen molar-refractivity contribution in [2.45, 2.75) is 50.9 Å². The second kappa shape index (κ2) is 7.86. The van der Waals surface area contributed by atoms with Crippen LogP contribution in [0.1, 0.15) is 67.0 Å². The summed E-state index contributed by atoms with van der Waals surface area (Å²) in [4.78, 5) is 23.5. The summed E-state index contributed by atoms with van der Waals surface area (Å²) in [5.41, 5.74) is 1.42. The van der Waals surface area contributed by atoms with Gasteiger partial charge in [0.2, 0.25) is 0 Å². The maximum Gasteiger partial charge on any atom is 0.271 e. The van der Waals surface area contributed by atoms with Crippen molar-refractivity contribution in [2.24, 2.45) is 5.92 Å². The first kappa shape index (κ1) is 16.4. The molecule has 2 fully saturated rings. The fourth-order valence-corrected chi connectivity index (χ4v) is 3.81. The molecule has 5 nitrogen and oxygen atoms in total. The lowest BCUT2D eigenvalue weighted by Crippen LogP contribution is -2.33. The Morgan fingerprint density at radius 1 is 1.22 bits per heavy atom. The van der Waals surface area contributed by atoms with E-state index >= 15 is 0 Å². The van der Waals surface area contributed by atoms with Crippen LogP contribution >= 0.6 is 0 Å². The second-order valence-electron chi connectivity index (χ2n) is 7.14. The Kier molecular flexibility index (Phi) is 5.60. The van der Waals surface area contributed by atoms with Crippen LogP contribution in [0.15, 0.2) is 12.4 Å². The Hall–Kier alpha value is -1.49. The summed E-state index contributed by atoms with van der Waals surface area (Å²) in [6, 6.07) is 0. The molecule has 126 valence electrons. The number of rotatable bonds is 4. The molecule has 0 aromatic carbocycles. The maximum atomic E-state index is 12.4. The predicted octanol–water partition coefficient (Wildman–Crippen LogP) is 2.60. The number of likely N-dealkylation sites (tertiary alicyclic amines) is 1. The van der Waals surface area contributed by atoms with Crippen LogP contribution in [0.3, 0.4) is 0 Å². The van der Waals surface area contributed by atoms with Crippen molar-refractivity contribution >= 4 is 5.91 Å². The van der Waals surface area contributed by atoms with E-state index in [0.29, 0.717) is 17.5 Å². The van der Waals surface area contributed by atoms with Crippen molar-refractivity contribution in [3.8, 4) is 0 Å². The highest BCUT2D eigenvalue weighted by atomic mass is 16.1. The Morgan fingerprint density at radius 2 is 2.04 bits per heavy atom. The summed E-state index contributed by atoms with van der Waals surface area (Å²) in [6.07, 6.45) is 12.1. The van der Waals surface area contributed by atoms with Gasteiger partial charge in [0.15, 0.2) is 0 Å². The van der Waals surface area contributed by atoms with Crippen LogP contribution in [0.5, 0.6) is 0 Å². The van der Waals surface area contributed by atoms with E-state index < -0.39 is 0 Å². The zero-order valence-corrected chi connectivity index (χ0v) is 14.1. The second-order valence-corrected chi connectivity index (χ2v) is 7.14. The zero-order valence-electron chi connectivity index (χ0n) is 14.1. The molecule has 2 heterocycles. The summed E-state index contributed by atoms with van der Waals surface area (Å²) >= 11 is 0. The molecule has 1 unspecified atom stereocenters. The lowest BCUT2D eigenvalue weighted by atomic mass is 9.89. The van der Waals surface area contributed by atoms with Crippen LogP contribution < -0.4 is 5.32 Å². The Morgan fingerprint density at radius 3 is 2.83 bits per heavy atom. The molecule has 0 spiro atoms. The van der Waals surface area contributed by atoms with Gasteiger partial charge in [0, 0.05) is 25.2 Å². The SMILES string of the molecule is CN1CCCC(c2cncc(C(=O)NCC3CCCCC3)n2)C1. The quantitative estimate of drug-likeness (QED) is 0.927. The van der Waals surface area contributed by atoms with E-state index in [1.54, 1.807) is 6.20 Å². The minimum atomic E-state index is -0.0749. The number of carbonyl (C=O) groups is 1. The van der Waals surface area contributed by atoms with Crippen molar-refractivity contribution < 1.29 is 4.79 Å². The van der Waals surface area contributed by atoms with E-state index in [2.05, 4.69) is 27.2 Å². The Bertz CT molecular complexity index is 528.